The van der Waals surface area contributed by atoms with Crippen molar-refractivity contribution in [1.82, 2.24) is 19.1 Å². The van der Waals surface area contributed by atoms with Gasteiger partial charge < -0.3 is 9.13 Å². The molecule has 10 aromatic rings. The van der Waals surface area contributed by atoms with Crippen LogP contribution in [-0.2, 0) is 0 Å². The topological polar surface area (TPSA) is 35.6 Å². The average Bonchev–Trinajstić information content (AvgIpc) is 3.73. The van der Waals surface area contributed by atoms with Gasteiger partial charge >= 0.3 is 0 Å². The van der Waals surface area contributed by atoms with Gasteiger partial charge in [0.05, 0.1) is 33.8 Å². The second-order valence-electron chi connectivity index (χ2n) is 13.7. The molecule has 0 bridgehead atoms. The van der Waals surface area contributed by atoms with E-state index in [4.69, 9.17) is 9.97 Å². The zero-order chi connectivity index (χ0) is 34.2. The van der Waals surface area contributed by atoms with Crippen molar-refractivity contribution >= 4 is 65.3 Å². The molecule has 11 rings (SSSR count). The van der Waals surface area contributed by atoms with Crippen LogP contribution in [0, 0.1) is 0 Å². The summed E-state index contributed by atoms with van der Waals surface area (Å²) in [5.41, 5.74) is 10.0. The van der Waals surface area contributed by atoms with E-state index in [-0.39, 0.29) is 6.04 Å². The summed E-state index contributed by atoms with van der Waals surface area (Å²) in [6.07, 6.45) is 9.92. The SMILES string of the molecule is C1=CCC(n2c3ccccc3c3c4c5ccccc5n(-c5ccc6cccc(-c7nc(-c8ccccc8)c8ccccc8n7)c6c5)c4ccc32)C=C1. The molecule has 4 nitrogen and oxygen atoms in total. The lowest BCUT2D eigenvalue weighted by Crippen LogP contribution is -2.06. The molecular formula is C48H32N4. The molecular weight excluding hydrogens is 633 g/mol. The molecule has 0 spiro atoms. The average molecular weight is 665 g/mol. The maximum absolute atomic E-state index is 5.26. The molecule has 7 aromatic carbocycles. The van der Waals surface area contributed by atoms with Gasteiger partial charge in [0, 0.05) is 49.3 Å². The van der Waals surface area contributed by atoms with Crippen LogP contribution in [0.2, 0.25) is 0 Å². The minimum absolute atomic E-state index is 0.275. The summed E-state index contributed by atoms with van der Waals surface area (Å²) in [5.74, 6) is 0.726. The number of rotatable bonds is 4. The van der Waals surface area contributed by atoms with Gasteiger partial charge in [0.2, 0.25) is 0 Å². The second kappa shape index (κ2) is 11.4. The number of hydrogen-bond donors (Lipinski definition) is 0. The van der Waals surface area contributed by atoms with E-state index in [0.29, 0.717) is 0 Å². The van der Waals surface area contributed by atoms with Crippen molar-refractivity contribution in [1.29, 1.82) is 0 Å². The van der Waals surface area contributed by atoms with E-state index in [1.165, 1.54) is 43.6 Å². The number of allylic oxidation sites excluding steroid dienone is 4. The highest BCUT2D eigenvalue weighted by atomic mass is 15.0. The second-order valence-corrected chi connectivity index (χ2v) is 13.7. The first-order valence-electron chi connectivity index (χ1n) is 18.0. The minimum atomic E-state index is 0.275. The quantitative estimate of drug-likeness (QED) is 0.188. The van der Waals surface area contributed by atoms with E-state index < -0.39 is 0 Å². The lowest BCUT2D eigenvalue weighted by atomic mass is 10.0. The third-order valence-electron chi connectivity index (χ3n) is 10.8. The Morgan fingerprint density at radius 3 is 2.10 bits per heavy atom. The van der Waals surface area contributed by atoms with Crippen LogP contribution in [-0.4, -0.2) is 19.1 Å². The molecule has 0 N–H and O–H groups in total. The van der Waals surface area contributed by atoms with Gasteiger partial charge in [-0.15, -0.1) is 0 Å². The zero-order valence-electron chi connectivity index (χ0n) is 28.3. The Hall–Kier alpha value is -6.78. The van der Waals surface area contributed by atoms with Gasteiger partial charge in [0.1, 0.15) is 0 Å². The summed E-state index contributed by atoms with van der Waals surface area (Å²) in [7, 11) is 0. The molecule has 0 aliphatic heterocycles. The van der Waals surface area contributed by atoms with E-state index in [0.717, 1.165) is 56.4 Å². The van der Waals surface area contributed by atoms with Crippen molar-refractivity contribution in [3.05, 3.63) is 176 Å². The van der Waals surface area contributed by atoms with E-state index in [9.17, 15) is 0 Å². The van der Waals surface area contributed by atoms with Crippen LogP contribution < -0.4 is 0 Å². The van der Waals surface area contributed by atoms with Crippen molar-refractivity contribution in [2.75, 3.05) is 0 Å². The molecule has 3 heterocycles. The molecule has 4 heteroatoms. The summed E-state index contributed by atoms with van der Waals surface area (Å²) in [5, 5.41) is 8.46. The summed E-state index contributed by atoms with van der Waals surface area (Å²) >= 11 is 0. The Bertz CT molecular complexity index is 3110. The van der Waals surface area contributed by atoms with Crippen LogP contribution in [0.5, 0.6) is 0 Å². The Morgan fingerprint density at radius 1 is 0.519 bits per heavy atom. The predicted octanol–water partition coefficient (Wildman–Crippen LogP) is 12.4. The zero-order valence-corrected chi connectivity index (χ0v) is 28.3. The molecule has 52 heavy (non-hydrogen) atoms. The maximum atomic E-state index is 5.26. The van der Waals surface area contributed by atoms with Crippen molar-refractivity contribution in [3.63, 3.8) is 0 Å². The van der Waals surface area contributed by atoms with E-state index >= 15 is 0 Å². The third kappa shape index (κ3) is 4.28. The van der Waals surface area contributed by atoms with Gasteiger partial charge in [-0.2, -0.15) is 0 Å². The van der Waals surface area contributed by atoms with Gasteiger partial charge in [0.15, 0.2) is 5.82 Å². The van der Waals surface area contributed by atoms with Gasteiger partial charge in [-0.25, -0.2) is 9.97 Å². The molecule has 0 saturated carbocycles. The molecule has 1 aliphatic rings. The first kappa shape index (κ1) is 29.0. The molecule has 244 valence electrons. The fourth-order valence-electron chi connectivity index (χ4n) is 8.55. The Morgan fingerprint density at radius 2 is 1.25 bits per heavy atom. The minimum Gasteiger partial charge on any atom is -0.333 e. The Balaban J connectivity index is 1.17. The number of benzene rings is 7. The first-order chi connectivity index (χ1) is 25.8. The number of aromatic nitrogens is 4. The van der Waals surface area contributed by atoms with Crippen molar-refractivity contribution in [2.24, 2.45) is 0 Å². The number of fused-ring (bicyclic) bond motifs is 9. The van der Waals surface area contributed by atoms with Crippen LogP contribution >= 0.6 is 0 Å². The predicted molar refractivity (Wildman–Crippen MR) is 217 cm³/mol. The lowest BCUT2D eigenvalue weighted by Gasteiger charge is -2.18. The number of nitrogens with zero attached hydrogens (tertiary/aromatic N) is 4. The Kier molecular flexibility index (Phi) is 6.34. The smallest absolute Gasteiger partial charge is 0.161 e. The summed E-state index contributed by atoms with van der Waals surface area (Å²) in [6.45, 7) is 0. The third-order valence-corrected chi connectivity index (χ3v) is 10.8. The summed E-state index contributed by atoms with van der Waals surface area (Å²) in [4.78, 5) is 10.4. The van der Waals surface area contributed by atoms with Crippen LogP contribution in [0.3, 0.4) is 0 Å². The van der Waals surface area contributed by atoms with Crippen LogP contribution in [0.4, 0.5) is 0 Å². The summed E-state index contributed by atoms with van der Waals surface area (Å²) < 4.78 is 4.97. The molecule has 3 aromatic heterocycles. The fraction of sp³-hybridized carbons (Fsp3) is 0.0417. The lowest BCUT2D eigenvalue weighted by molar-refractivity contribution is 0.648. The van der Waals surface area contributed by atoms with Gasteiger partial charge in [0.25, 0.3) is 0 Å². The molecule has 0 saturated heterocycles. The standard InChI is InChI=1S/C48H32N4/c1-3-14-32(15-4-1)47-36-19-7-10-23-40(36)49-48(50-47)35-22-13-16-31-26-27-34(30-39(31)35)52-42-25-12-9-21-38(42)46-44(52)29-28-43-45(46)37-20-8-11-24-41(37)51(43)33-17-5-2-6-18-33/h1-17,19-30,33H,18H2. The first-order valence-corrected chi connectivity index (χ1v) is 18.0. The van der Waals surface area contributed by atoms with Gasteiger partial charge in [-0.05, 0) is 59.7 Å². The fourth-order valence-corrected chi connectivity index (χ4v) is 8.55. The van der Waals surface area contributed by atoms with Crippen LogP contribution in [0.15, 0.2) is 176 Å². The number of hydrogen-bond acceptors (Lipinski definition) is 2. The molecule has 1 unspecified atom stereocenters. The van der Waals surface area contributed by atoms with Gasteiger partial charge in [-0.1, -0.05) is 133 Å². The molecule has 0 radical (unpaired) electrons. The molecule has 1 aliphatic carbocycles. The van der Waals surface area contributed by atoms with Crippen molar-refractivity contribution in [2.45, 2.75) is 12.5 Å². The van der Waals surface area contributed by atoms with E-state index in [1.54, 1.807) is 0 Å². The van der Waals surface area contributed by atoms with E-state index in [2.05, 4.69) is 179 Å². The maximum Gasteiger partial charge on any atom is 0.161 e. The van der Waals surface area contributed by atoms with Crippen LogP contribution in [0.25, 0.3) is 93.6 Å². The van der Waals surface area contributed by atoms with Crippen molar-refractivity contribution in [3.8, 4) is 28.3 Å². The highest BCUT2D eigenvalue weighted by molar-refractivity contribution is 6.28. The van der Waals surface area contributed by atoms with E-state index in [1.807, 2.05) is 6.07 Å². The normalized spacial score (nSPS) is 14.5. The number of para-hydroxylation sites is 3. The molecule has 0 fully saturated rings. The van der Waals surface area contributed by atoms with Crippen LogP contribution in [0.1, 0.15) is 12.5 Å². The highest BCUT2D eigenvalue weighted by Crippen LogP contribution is 2.43. The monoisotopic (exact) mass is 664 g/mol. The largest absolute Gasteiger partial charge is 0.333 e. The van der Waals surface area contributed by atoms with Crippen molar-refractivity contribution < 1.29 is 0 Å². The molecule has 1 atom stereocenters. The molecule has 0 amide bonds. The van der Waals surface area contributed by atoms with Gasteiger partial charge in [-0.3, -0.25) is 0 Å². The Labute approximate surface area is 300 Å². The highest BCUT2D eigenvalue weighted by Gasteiger charge is 2.22. The summed E-state index contributed by atoms with van der Waals surface area (Å²) in [6, 6.07) is 54.7.